The number of ether oxygens (including phenoxy) is 1. The van der Waals surface area contributed by atoms with Crippen LogP contribution in [0.2, 0.25) is 0 Å². The molecule has 3 rings (SSSR count). The van der Waals surface area contributed by atoms with E-state index in [1.807, 2.05) is 38.1 Å². The van der Waals surface area contributed by atoms with E-state index >= 15 is 0 Å². The molecule has 1 aliphatic heterocycles. The van der Waals surface area contributed by atoms with Gasteiger partial charge in [0.15, 0.2) is 6.61 Å². The quantitative estimate of drug-likeness (QED) is 0.535. The first kappa shape index (κ1) is 20.5. The molecule has 0 saturated carbocycles. The molecule has 154 valence electrons. The first-order chi connectivity index (χ1) is 13.9. The highest BCUT2D eigenvalue weighted by molar-refractivity contribution is 6.08. The fourth-order valence-corrected chi connectivity index (χ4v) is 3.19. The van der Waals surface area contributed by atoms with E-state index in [4.69, 9.17) is 9.26 Å². The zero-order valence-electron chi connectivity index (χ0n) is 16.7. The summed E-state index contributed by atoms with van der Waals surface area (Å²) in [5.74, 6) is -0.631. The number of carbonyl (C=O) groups is 3. The van der Waals surface area contributed by atoms with Gasteiger partial charge < -0.3 is 14.6 Å². The van der Waals surface area contributed by atoms with Crippen molar-refractivity contribution in [1.82, 2.24) is 20.4 Å². The second-order valence-electron chi connectivity index (χ2n) is 6.83. The number of nitrogens with zero attached hydrogens (tertiary/aromatic N) is 3. The third kappa shape index (κ3) is 4.13. The van der Waals surface area contributed by atoms with Gasteiger partial charge in [0, 0.05) is 5.56 Å². The van der Waals surface area contributed by atoms with E-state index in [-0.39, 0.29) is 12.5 Å². The third-order valence-electron chi connectivity index (χ3n) is 5.19. The predicted molar refractivity (Wildman–Crippen MR) is 102 cm³/mol. The molecule has 1 aromatic carbocycles. The molecule has 1 N–H and O–H groups in total. The number of hydrogen-bond donors (Lipinski definition) is 1. The van der Waals surface area contributed by atoms with Crippen LogP contribution in [0.5, 0.6) is 0 Å². The third-order valence-corrected chi connectivity index (χ3v) is 5.19. The van der Waals surface area contributed by atoms with E-state index in [0.29, 0.717) is 18.7 Å². The van der Waals surface area contributed by atoms with Crippen LogP contribution in [-0.2, 0) is 27.4 Å². The van der Waals surface area contributed by atoms with Crippen molar-refractivity contribution in [2.75, 3.05) is 6.54 Å². The number of urea groups is 1. The molecule has 9 nitrogen and oxygen atoms in total. The minimum Gasteiger partial charge on any atom is -0.454 e. The van der Waals surface area contributed by atoms with Crippen LogP contribution < -0.4 is 5.32 Å². The summed E-state index contributed by atoms with van der Waals surface area (Å²) in [5, 5.41) is 6.55. The SMILES string of the molecule is CCc1ccc(-c2noc(COC(=O)CN3C(=O)NC(CC)(CC)C3=O)n2)cc1. The maximum absolute atomic E-state index is 12.5. The molecular formula is C20H24N4O5. The zero-order valence-corrected chi connectivity index (χ0v) is 16.7. The molecular weight excluding hydrogens is 376 g/mol. The summed E-state index contributed by atoms with van der Waals surface area (Å²) in [7, 11) is 0. The molecule has 1 aliphatic rings. The second kappa shape index (κ2) is 8.42. The van der Waals surface area contributed by atoms with Gasteiger partial charge in [0.05, 0.1) is 0 Å². The van der Waals surface area contributed by atoms with Crippen molar-refractivity contribution in [3.05, 3.63) is 35.7 Å². The van der Waals surface area contributed by atoms with Gasteiger partial charge in [-0.1, -0.05) is 50.2 Å². The molecule has 29 heavy (non-hydrogen) atoms. The van der Waals surface area contributed by atoms with Crippen molar-refractivity contribution in [3.63, 3.8) is 0 Å². The average molecular weight is 400 g/mol. The fourth-order valence-electron chi connectivity index (χ4n) is 3.19. The number of imide groups is 1. The van der Waals surface area contributed by atoms with Gasteiger partial charge in [0.2, 0.25) is 5.82 Å². The maximum Gasteiger partial charge on any atom is 0.326 e. The molecule has 2 heterocycles. The van der Waals surface area contributed by atoms with Gasteiger partial charge in [-0.25, -0.2) is 4.79 Å². The Kier molecular flexibility index (Phi) is 5.95. The average Bonchev–Trinajstić information content (AvgIpc) is 3.31. The smallest absolute Gasteiger partial charge is 0.326 e. The maximum atomic E-state index is 12.5. The number of hydrogen-bond acceptors (Lipinski definition) is 7. The van der Waals surface area contributed by atoms with Gasteiger partial charge in [0.25, 0.3) is 11.8 Å². The Morgan fingerprint density at radius 1 is 1.17 bits per heavy atom. The van der Waals surface area contributed by atoms with Crippen molar-refractivity contribution >= 4 is 17.9 Å². The van der Waals surface area contributed by atoms with Gasteiger partial charge >= 0.3 is 12.0 Å². The molecule has 0 aliphatic carbocycles. The molecule has 0 atom stereocenters. The minimum atomic E-state index is -0.952. The number of esters is 1. The predicted octanol–water partition coefficient (Wildman–Crippen LogP) is 2.45. The van der Waals surface area contributed by atoms with E-state index in [1.165, 1.54) is 5.56 Å². The molecule has 1 fully saturated rings. The summed E-state index contributed by atoms with van der Waals surface area (Å²) >= 11 is 0. The Labute approximate surface area is 168 Å². The Morgan fingerprint density at radius 2 is 1.86 bits per heavy atom. The van der Waals surface area contributed by atoms with Gasteiger partial charge in [-0.3, -0.25) is 14.5 Å². The molecule has 0 bridgehead atoms. The van der Waals surface area contributed by atoms with Crippen LogP contribution in [0, 0.1) is 0 Å². The van der Waals surface area contributed by atoms with E-state index < -0.39 is 30.0 Å². The topological polar surface area (TPSA) is 115 Å². The number of aryl methyl sites for hydroxylation is 1. The van der Waals surface area contributed by atoms with Crippen molar-refractivity contribution in [2.24, 2.45) is 0 Å². The van der Waals surface area contributed by atoms with Crippen LogP contribution in [0.4, 0.5) is 4.79 Å². The fraction of sp³-hybridized carbons (Fsp3) is 0.450. The number of carbonyl (C=O) groups excluding carboxylic acids is 3. The Balaban J connectivity index is 1.57. The van der Waals surface area contributed by atoms with Crippen molar-refractivity contribution in [3.8, 4) is 11.4 Å². The lowest BCUT2D eigenvalue weighted by Gasteiger charge is -2.22. The van der Waals surface area contributed by atoms with Crippen LogP contribution >= 0.6 is 0 Å². The molecule has 1 saturated heterocycles. The lowest BCUT2D eigenvalue weighted by atomic mass is 9.93. The Morgan fingerprint density at radius 3 is 2.45 bits per heavy atom. The molecule has 0 radical (unpaired) electrons. The number of rotatable bonds is 8. The summed E-state index contributed by atoms with van der Waals surface area (Å²) in [6, 6.07) is 7.16. The summed E-state index contributed by atoms with van der Waals surface area (Å²) in [5.41, 5.74) is 1.03. The highest BCUT2D eigenvalue weighted by atomic mass is 16.6. The zero-order chi connectivity index (χ0) is 21.0. The summed E-state index contributed by atoms with van der Waals surface area (Å²) in [6.45, 7) is 4.99. The normalized spacial score (nSPS) is 15.5. The van der Waals surface area contributed by atoms with Gasteiger partial charge in [-0.2, -0.15) is 4.98 Å². The standard InChI is InChI=1S/C20H24N4O5/c1-4-13-7-9-14(10-8-13)17-21-15(29-23-17)12-28-16(25)11-24-18(26)20(5-2,6-3)22-19(24)27/h7-10H,4-6,11-12H2,1-3H3,(H,22,27). The largest absolute Gasteiger partial charge is 0.454 e. The second-order valence-corrected chi connectivity index (χ2v) is 6.83. The van der Waals surface area contributed by atoms with Crippen LogP contribution in [0.15, 0.2) is 28.8 Å². The van der Waals surface area contributed by atoms with Crippen LogP contribution in [0.1, 0.15) is 45.1 Å². The van der Waals surface area contributed by atoms with Gasteiger partial charge in [0.1, 0.15) is 12.1 Å². The van der Waals surface area contributed by atoms with Gasteiger partial charge in [-0.15, -0.1) is 0 Å². The van der Waals surface area contributed by atoms with Crippen molar-refractivity contribution < 1.29 is 23.6 Å². The summed E-state index contributed by atoms with van der Waals surface area (Å²) in [4.78, 5) is 41.8. The van der Waals surface area contributed by atoms with Crippen molar-refractivity contribution in [2.45, 2.75) is 52.2 Å². The number of amides is 3. The lowest BCUT2D eigenvalue weighted by molar-refractivity contribution is -0.149. The minimum absolute atomic E-state index is 0.126. The van der Waals surface area contributed by atoms with E-state index in [0.717, 1.165) is 16.9 Å². The Bertz CT molecular complexity index is 902. The molecule has 3 amide bonds. The summed E-state index contributed by atoms with van der Waals surface area (Å²) in [6.07, 6.45) is 1.83. The number of aromatic nitrogens is 2. The van der Waals surface area contributed by atoms with Crippen LogP contribution in [0.25, 0.3) is 11.4 Å². The summed E-state index contributed by atoms with van der Waals surface area (Å²) < 4.78 is 10.2. The number of nitrogens with one attached hydrogen (secondary N) is 1. The Hall–Kier alpha value is -3.23. The first-order valence-corrected chi connectivity index (χ1v) is 9.64. The highest BCUT2D eigenvalue weighted by Crippen LogP contribution is 2.24. The van der Waals surface area contributed by atoms with E-state index in [1.54, 1.807) is 0 Å². The molecule has 1 aromatic heterocycles. The van der Waals surface area contributed by atoms with E-state index in [9.17, 15) is 14.4 Å². The molecule has 0 spiro atoms. The molecule has 0 unspecified atom stereocenters. The van der Waals surface area contributed by atoms with Crippen LogP contribution in [-0.4, -0.2) is 45.0 Å². The van der Waals surface area contributed by atoms with E-state index in [2.05, 4.69) is 22.4 Å². The lowest BCUT2D eigenvalue weighted by Crippen LogP contribution is -2.46. The van der Waals surface area contributed by atoms with Crippen molar-refractivity contribution in [1.29, 1.82) is 0 Å². The monoisotopic (exact) mass is 400 g/mol. The molecule has 2 aromatic rings. The van der Waals surface area contributed by atoms with Gasteiger partial charge in [-0.05, 0) is 24.8 Å². The number of benzene rings is 1. The first-order valence-electron chi connectivity index (χ1n) is 9.64. The molecule has 9 heteroatoms. The van der Waals surface area contributed by atoms with Crippen LogP contribution in [0.3, 0.4) is 0 Å². The highest BCUT2D eigenvalue weighted by Gasteiger charge is 2.49.